The Hall–Kier alpha value is -1.36. The van der Waals surface area contributed by atoms with Crippen molar-refractivity contribution in [2.75, 3.05) is 44.4 Å². The van der Waals surface area contributed by atoms with E-state index in [4.69, 9.17) is 5.73 Å². The Labute approximate surface area is 104 Å². The van der Waals surface area contributed by atoms with Crippen LogP contribution in [-0.2, 0) is 0 Å². The van der Waals surface area contributed by atoms with E-state index in [0.29, 0.717) is 5.95 Å². The summed E-state index contributed by atoms with van der Waals surface area (Å²) in [6, 6.07) is 0. The number of nitrogens with zero attached hydrogens (tertiary/aromatic N) is 4. The third-order valence-corrected chi connectivity index (χ3v) is 2.68. The Morgan fingerprint density at radius 2 is 2.00 bits per heavy atom. The maximum atomic E-state index is 5.64. The van der Waals surface area contributed by atoms with E-state index in [-0.39, 0.29) is 0 Å². The lowest BCUT2D eigenvalue weighted by atomic mass is 10.3. The van der Waals surface area contributed by atoms with Crippen LogP contribution < -0.4 is 10.6 Å². The largest absolute Gasteiger partial charge is 0.368 e. The molecule has 2 N–H and O–H groups in total. The molecule has 0 aromatic carbocycles. The second-order valence-electron chi connectivity index (χ2n) is 4.47. The van der Waals surface area contributed by atoms with E-state index in [1.165, 1.54) is 0 Å². The number of aromatic nitrogens is 2. The highest BCUT2D eigenvalue weighted by Gasteiger charge is 2.09. The Kier molecular flexibility index (Phi) is 5.15. The average molecular weight is 237 g/mol. The molecule has 1 aromatic rings. The van der Waals surface area contributed by atoms with Crippen LogP contribution in [0, 0.1) is 6.92 Å². The van der Waals surface area contributed by atoms with Crippen LogP contribution in [0.4, 0.5) is 11.8 Å². The van der Waals surface area contributed by atoms with Gasteiger partial charge in [-0.2, -0.15) is 4.98 Å². The predicted molar refractivity (Wildman–Crippen MR) is 72.2 cm³/mol. The molecule has 0 aliphatic rings. The first-order chi connectivity index (χ1) is 8.04. The third kappa shape index (κ3) is 4.19. The number of nitrogen functional groups attached to an aromatic ring is 1. The van der Waals surface area contributed by atoms with Crippen molar-refractivity contribution >= 4 is 11.8 Å². The van der Waals surface area contributed by atoms with E-state index < -0.39 is 0 Å². The molecule has 0 aliphatic carbocycles. The van der Waals surface area contributed by atoms with E-state index in [2.05, 4.69) is 40.8 Å². The lowest BCUT2D eigenvalue weighted by molar-refractivity contribution is 0.400. The molecule has 0 unspecified atom stereocenters. The summed E-state index contributed by atoms with van der Waals surface area (Å²) in [6.07, 6.45) is 2.90. The standard InChI is InChI=1S/C12H23N5/c1-5-17(8-6-7-16(3)4)11-10(2)9-14-12(13)15-11/h9H,5-8H2,1-4H3,(H2,13,14,15). The zero-order valence-electron chi connectivity index (χ0n) is 11.3. The van der Waals surface area contributed by atoms with Crippen LogP contribution in [0.2, 0.25) is 0 Å². The highest BCUT2D eigenvalue weighted by atomic mass is 15.2. The second-order valence-corrected chi connectivity index (χ2v) is 4.47. The Morgan fingerprint density at radius 3 is 2.59 bits per heavy atom. The summed E-state index contributed by atoms with van der Waals surface area (Å²) < 4.78 is 0. The summed E-state index contributed by atoms with van der Waals surface area (Å²) in [5.74, 6) is 1.30. The molecule has 0 spiro atoms. The second kappa shape index (κ2) is 6.39. The van der Waals surface area contributed by atoms with Gasteiger partial charge in [0.25, 0.3) is 0 Å². The van der Waals surface area contributed by atoms with Crippen LogP contribution in [-0.4, -0.2) is 48.6 Å². The van der Waals surface area contributed by atoms with Crippen LogP contribution in [0.25, 0.3) is 0 Å². The fourth-order valence-electron chi connectivity index (χ4n) is 1.76. The summed E-state index contributed by atoms with van der Waals surface area (Å²) in [7, 11) is 4.18. The monoisotopic (exact) mass is 237 g/mol. The first-order valence-corrected chi connectivity index (χ1v) is 6.03. The molecule has 96 valence electrons. The molecule has 17 heavy (non-hydrogen) atoms. The molecule has 0 bridgehead atoms. The van der Waals surface area contributed by atoms with E-state index in [0.717, 1.165) is 37.4 Å². The molecule has 1 rings (SSSR count). The molecule has 0 radical (unpaired) electrons. The molecule has 1 heterocycles. The number of anilines is 2. The van der Waals surface area contributed by atoms with Gasteiger partial charge in [-0.05, 0) is 40.9 Å². The molecule has 0 atom stereocenters. The zero-order chi connectivity index (χ0) is 12.8. The third-order valence-electron chi connectivity index (χ3n) is 2.68. The predicted octanol–water partition coefficient (Wildman–Crippen LogP) is 1.15. The number of rotatable bonds is 6. The summed E-state index contributed by atoms with van der Waals surface area (Å²) in [6.45, 7) is 7.16. The van der Waals surface area contributed by atoms with Gasteiger partial charge < -0.3 is 15.5 Å². The maximum absolute atomic E-state index is 5.64. The van der Waals surface area contributed by atoms with Crippen molar-refractivity contribution in [3.63, 3.8) is 0 Å². The smallest absolute Gasteiger partial charge is 0.221 e. The van der Waals surface area contributed by atoms with Crippen molar-refractivity contribution < 1.29 is 0 Å². The highest BCUT2D eigenvalue weighted by molar-refractivity contribution is 5.47. The van der Waals surface area contributed by atoms with Gasteiger partial charge >= 0.3 is 0 Å². The van der Waals surface area contributed by atoms with Crippen LogP contribution >= 0.6 is 0 Å². The molecule has 5 heteroatoms. The Bertz CT molecular complexity index is 351. The first-order valence-electron chi connectivity index (χ1n) is 6.03. The molecule has 0 saturated heterocycles. The molecule has 0 fully saturated rings. The maximum Gasteiger partial charge on any atom is 0.221 e. The minimum Gasteiger partial charge on any atom is -0.368 e. The molecule has 5 nitrogen and oxygen atoms in total. The molecule has 0 saturated carbocycles. The van der Waals surface area contributed by atoms with E-state index >= 15 is 0 Å². The summed E-state index contributed by atoms with van der Waals surface area (Å²) in [5.41, 5.74) is 6.71. The minimum atomic E-state index is 0.344. The van der Waals surface area contributed by atoms with Crippen molar-refractivity contribution in [2.24, 2.45) is 0 Å². The van der Waals surface area contributed by atoms with Crippen molar-refractivity contribution in [2.45, 2.75) is 20.3 Å². The van der Waals surface area contributed by atoms with Gasteiger partial charge in [0, 0.05) is 24.8 Å². The van der Waals surface area contributed by atoms with Gasteiger partial charge in [0.05, 0.1) is 0 Å². The van der Waals surface area contributed by atoms with E-state index in [1.807, 2.05) is 6.92 Å². The molecule has 0 amide bonds. The van der Waals surface area contributed by atoms with Gasteiger partial charge in [-0.3, -0.25) is 0 Å². The Morgan fingerprint density at radius 1 is 1.29 bits per heavy atom. The van der Waals surface area contributed by atoms with E-state index in [1.54, 1.807) is 6.20 Å². The zero-order valence-corrected chi connectivity index (χ0v) is 11.3. The van der Waals surface area contributed by atoms with Gasteiger partial charge in [0.15, 0.2) is 0 Å². The fourth-order valence-corrected chi connectivity index (χ4v) is 1.76. The lowest BCUT2D eigenvalue weighted by Crippen LogP contribution is -2.28. The van der Waals surface area contributed by atoms with Crippen molar-refractivity contribution in [1.82, 2.24) is 14.9 Å². The molecule has 1 aromatic heterocycles. The number of aryl methyl sites for hydroxylation is 1. The van der Waals surface area contributed by atoms with Gasteiger partial charge in [-0.15, -0.1) is 0 Å². The average Bonchev–Trinajstić information content (AvgIpc) is 2.28. The number of nitrogens with two attached hydrogens (primary N) is 1. The first kappa shape index (κ1) is 13.7. The quantitative estimate of drug-likeness (QED) is 0.804. The van der Waals surface area contributed by atoms with Gasteiger partial charge in [-0.1, -0.05) is 0 Å². The topological polar surface area (TPSA) is 58.3 Å². The van der Waals surface area contributed by atoms with Crippen molar-refractivity contribution in [3.05, 3.63) is 11.8 Å². The molecular weight excluding hydrogens is 214 g/mol. The van der Waals surface area contributed by atoms with E-state index in [9.17, 15) is 0 Å². The highest BCUT2D eigenvalue weighted by Crippen LogP contribution is 2.16. The minimum absolute atomic E-state index is 0.344. The van der Waals surface area contributed by atoms with Crippen LogP contribution in [0.3, 0.4) is 0 Å². The summed E-state index contributed by atoms with van der Waals surface area (Å²) >= 11 is 0. The molecular formula is C12H23N5. The molecule has 0 aliphatic heterocycles. The van der Waals surface area contributed by atoms with Crippen molar-refractivity contribution in [1.29, 1.82) is 0 Å². The van der Waals surface area contributed by atoms with Crippen LogP contribution in [0.15, 0.2) is 6.20 Å². The summed E-state index contributed by atoms with van der Waals surface area (Å²) in [5, 5.41) is 0. The number of hydrogen-bond donors (Lipinski definition) is 1. The Balaban J connectivity index is 2.68. The normalized spacial score (nSPS) is 10.9. The van der Waals surface area contributed by atoms with Crippen LogP contribution in [0.1, 0.15) is 18.9 Å². The summed E-state index contributed by atoms with van der Waals surface area (Å²) in [4.78, 5) is 12.8. The van der Waals surface area contributed by atoms with Gasteiger partial charge in [0.1, 0.15) is 5.82 Å². The lowest BCUT2D eigenvalue weighted by Gasteiger charge is -2.24. The number of hydrogen-bond acceptors (Lipinski definition) is 5. The van der Waals surface area contributed by atoms with Crippen LogP contribution in [0.5, 0.6) is 0 Å². The van der Waals surface area contributed by atoms with Crippen molar-refractivity contribution in [3.8, 4) is 0 Å². The van der Waals surface area contributed by atoms with Gasteiger partial charge in [0.2, 0.25) is 5.95 Å². The van der Waals surface area contributed by atoms with Gasteiger partial charge in [-0.25, -0.2) is 4.98 Å². The SMILES string of the molecule is CCN(CCCN(C)C)c1nc(N)ncc1C. The fraction of sp³-hybridized carbons (Fsp3) is 0.667.